The number of amides is 3. The van der Waals surface area contributed by atoms with Crippen LogP contribution in [0.5, 0.6) is 0 Å². The molecule has 4 heterocycles. The molecule has 3 aromatic rings. The molecular formula is C41H41BrClN3O8. The van der Waals surface area contributed by atoms with E-state index in [4.69, 9.17) is 25.8 Å². The van der Waals surface area contributed by atoms with Gasteiger partial charge < -0.3 is 34.4 Å². The van der Waals surface area contributed by atoms with Gasteiger partial charge in [0.25, 0.3) is 5.91 Å². The molecule has 0 saturated carbocycles. The molecule has 2 fully saturated rings. The van der Waals surface area contributed by atoms with Gasteiger partial charge in [0.05, 0.1) is 31.2 Å². The van der Waals surface area contributed by atoms with E-state index >= 15 is 9.59 Å². The Morgan fingerprint density at radius 3 is 2.35 bits per heavy atom. The number of aliphatic hydroxyl groups is 1. The Labute approximate surface area is 327 Å². The predicted octanol–water partition coefficient (Wildman–Crippen LogP) is 4.92. The molecule has 0 unspecified atom stereocenters. The SMILES string of the molecule is COC[C@H]1NC(=O)CC/C=C\CN(c2ccc(Cl)cc2)C(=O)[C@@H]2N([C@@H](CO)Cc3ccccc3)C(=O)[C@H]3[C@H](C(=O)O[C@@H]1c1ccccc1)[C@H]1O[C@@]23C=C1Br. The smallest absolute Gasteiger partial charge is 0.313 e. The van der Waals surface area contributed by atoms with E-state index in [2.05, 4.69) is 21.2 Å². The van der Waals surface area contributed by atoms with Gasteiger partial charge in [-0.15, -0.1) is 0 Å². The number of carbonyl (C=O) groups excluding carboxylic acids is 4. The van der Waals surface area contributed by atoms with Crippen molar-refractivity contribution in [3.8, 4) is 0 Å². The maximum Gasteiger partial charge on any atom is 0.313 e. The second kappa shape index (κ2) is 16.2. The average molecular weight is 819 g/mol. The molecule has 11 nitrogen and oxygen atoms in total. The number of nitrogens with zero attached hydrogens (tertiary/aromatic N) is 2. The van der Waals surface area contributed by atoms with E-state index in [0.717, 1.165) is 5.56 Å². The molecule has 0 aliphatic carbocycles. The monoisotopic (exact) mass is 817 g/mol. The maximum atomic E-state index is 15.3. The van der Waals surface area contributed by atoms with Gasteiger partial charge >= 0.3 is 5.97 Å². The fraction of sp³-hybridized carbons (Fsp3) is 0.366. The number of cyclic esters (lactones) is 1. The Morgan fingerprint density at radius 1 is 0.963 bits per heavy atom. The molecule has 8 atom stereocenters. The third kappa shape index (κ3) is 7.13. The zero-order chi connectivity index (χ0) is 38.0. The number of nitrogens with one attached hydrogen (secondary N) is 1. The highest BCUT2D eigenvalue weighted by Crippen LogP contribution is 2.59. The Hall–Kier alpha value is -4.33. The standard InChI is InChI=1S/C41H41BrClN3O8/c1-52-24-31-35(26-13-7-3-8-14-26)53-40(51)33-34-38(49)46(29(23-47)21-25-11-5-2-6-12-25)37(41(34)22-30(42)36(33)54-41)39(50)45(28-18-16-27(43)17-19-28)20-10-4-9-15-32(48)44-31/h2-8,10-14,16-19,22,29,31,33-37,47H,9,15,20-21,23-24H2,1H3,(H,44,48)/b10-4-/t29-,31-,33+,34-,35-,36+,37+,41-/m1/s1. The van der Waals surface area contributed by atoms with Crippen molar-refractivity contribution in [2.75, 3.05) is 31.8 Å². The van der Waals surface area contributed by atoms with Gasteiger partial charge in [-0.25, -0.2) is 0 Å². The van der Waals surface area contributed by atoms with Gasteiger partial charge in [-0.1, -0.05) is 100 Å². The first-order chi connectivity index (χ1) is 26.2. The molecule has 2 saturated heterocycles. The van der Waals surface area contributed by atoms with E-state index in [0.29, 0.717) is 27.2 Å². The average Bonchev–Trinajstić information content (AvgIpc) is 3.78. The molecule has 2 N–H and O–H groups in total. The second-order valence-electron chi connectivity index (χ2n) is 13.9. The molecule has 4 aliphatic heterocycles. The number of rotatable bonds is 8. The van der Waals surface area contributed by atoms with Crippen molar-refractivity contribution in [1.82, 2.24) is 10.2 Å². The summed E-state index contributed by atoms with van der Waals surface area (Å²) in [5.74, 6) is -4.32. The quantitative estimate of drug-likeness (QED) is 0.242. The van der Waals surface area contributed by atoms with Gasteiger partial charge in [-0.3, -0.25) is 19.2 Å². The van der Waals surface area contributed by atoms with Crippen molar-refractivity contribution < 1.29 is 38.5 Å². The van der Waals surface area contributed by atoms with E-state index in [1.165, 1.54) is 16.9 Å². The van der Waals surface area contributed by atoms with Crippen LogP contribution in [0.2, 0.25) is 5.02 Å². The first kappa shape index (κ1) is 38.0. The molecule has 54 heavy (non-hydrogen) atoms. The van der Waals surface area contributed by atoms with E-state index < -0.39 is 72.2 Å². The molecule has 3 aromatic carbocycles. The van der Waals surface area contributed by atoms with Gasteiger partial charge in [0.2, 0.25) is 11.8 Å². The van der Waals surface area contributed by atoms with E-state index in [-0.39, 0.29) is 31.9 Å². The number of aliphatic hydroxyl groups excluding tert-OH is 1. The molecule has 13 heteroatoms. The van der Waals surface area contributed by atoms with Crippen LogP contribution in [0.15, 0.2) is 108 Å². The minimum atomic E-state index is -1.59. The molecular weight excluding hydrogens is 778 g/mol. The van der Waals surface area contributed by atoms with Crippen molar-refractivity contribution in [3.05, 3.63) is 124 Å². The van der Waals surface area contributed by atoms with E-state index in [9.17, 15) is 14.7 Å². The zero-order valence-corrected chi connectivity index (χ0v) is 31.9. The molecule has 0 aromatic heterocycles. The Morgan fingerprint density at radius 2 is 1.67 bits per heavy atom. The highest BCUT2D eigenvalue weighted by molar-refractivity contribution is 9.11. The molecule has 5 bridgehead atoms. The number of methoxy groups -OCH3 is 1. The van der Waals surface area contributed by atoms with Crippen LogP contribution in [-0.4, -0.2) is 90.4 Å². The van der Waals surface area contributed by atoms with Crippen molar-refractivity contribution >= 4 is 56.9 Å². The van der Waals surface area contributed by atoms with Gasteiger partial charge in [0, 0.05) is 35.3 Å². The molecule has 3 amide bonds. The number of benzene rings is 3. The van der Waals surface area contributed by atoms with Gasteiger partial charge in [-0.2, -0.15) is 0 Å². The summed E-state index contributed by atoms with van der Waals surface area (Å²) in [5.41, 5.74) is 0.400. The number of carbonyl (C=O) groups is 4. The maximum absolute atomic E-state index is 15.3. The van der Waals surface area contributed by atoms with Crippen LogP contribution < -0.4 is 10.2 Å². The molecule has 0 radical (unpaired) electrons. The van der Waals surface area contributed by atoms with Gasteiger partial charge in [-0.05, 0) is 54.3 Å². The van der Waals surface area contributed by atoms with E-state index in [1.807, 2.05) is 42.5 Å². The number of hydrogen-bond acceptors (Lipinski definition) is 8. The molecule has 1 spiro atoms. The highest BCUT2D eigenvalue weighted by Gasteiger charge is 2.75. The Balaban J connectivity index is 1.37. The van der Waals surface area contributed by atoms with Crippen molar-refractivity contribution in [1.29, 1.82) is 0 Å². The summed E-state index contributed by atoms with van der Waals surface area (Å²) in [6.07, 6.45) is 4.17. The van der Waals surface area contributed by atoms with Crippen LogP contribution in [0.25, 0.3) is 0 Å². The number of halogens is 2. The lowest BCUT2D eigenvalue weighted by atomic mass is 9.74. The summed E-state index contributed by atoms with van der Waals surface area (Å²) in [4.78, 5) is 61.3. The first-order valence-electron chi connectivity index (χ1n) is 18.0. The van der Waals surface area contributed by atoms with Crippen LogP contribution in [0, 0.1) is 11.8 Å². The number of anilines is 1. The van der Waals surface area contributed by atoms with Crippen LogP contribution >= 0.6 is 27.5 Å². The summed E-state index contributed by atoms with van der Waals surface area (Å²) < 4.78 is 19.1. The summed E-state index contributed by atoms with van der Waals surface area (Å²) in [7, 11) is 1.50. The van der Waals surface area contributed by atoms with Crippen molar-refractivity contribution in [3.63, 3.8) is 0 Å². The summed E-state index contributed by atoms with van der Waals surface area (Å²) in [5, 5.41) is 14.4. The summed E-state index contributed by atoms with van der Waals surface area (Å²) >= 11 is 9.87. The minimum Gasteiger partial charge on any atom is -0.455 e. The predicted molar refractivity (Wildman–Crippen MR) is 205 cm³/mol. The van der Waals surface area contributed by atoms with Crippen molar-refractivity contribution in [2.45, 2.75) is 55.2 Å². The summed E-state index contributed by atoms with van der Waals surface area (Å²) in [6.45, 7) is -0.328. The molecule has 7 rings (SSSR count). The fourth-order valence-corrected chi connectivity index (χ4v) is 9.09. The fourth-order valence-electron chi connectivity index (χ4n) is 8.23. The zero-order valence-electron chi connectivity index (χ0n) is 29.6. The third-order valence-corrected chi connectivity index (χ3v) is 11.5. The lowest BCUT2D eigenvalue weighted by Crippen LogP contribution is -2.59. The Bertz CT molecular complexity index is 1930. The lowest BCUT2D eigenvalue weighted by Gasteiger charge is -2.38. The third-order valence-electron chi connectivity index (χ3n) is 10.6. The van der Waals surface area contributed by atoms with Crippen molar-refractivity contribution in [2.24, 2.45) is 11.8 Å². The number of hydrogen-bond donors (Lipinski definition) is 2. The van der Waals surface area contributed by atoms with E-state index in [1.54, 1.807) is 60.7 Å². The number of allylic oxidation sites excluding steroid dienone is 1. The number of esters is 1. The van der Waals surface area contributed by atoms with Crippen LogP contribution in [0.1, 0.15) is 30.1 Å². The lowest BCUT2D eigenvalue weighted by molar-refractivity contribution is -0.162. The highest BCUT2D eigenvalue weighted by atomic mass is 79.9. The second-order valence-corrected chi connectivity index (χ2v) is 15.3. The normalized spacial score (nSPS) is 29.7. The number of ether oxygens (including phenoxy) is 3. The van der Waals surface area contributed by atoms with Gasteiger partial charge in [0.1, 0.15) is 29.8 Å². The Kier molecular flexibility index (Phi) is 11.4. The summed E-state index contributed by atoms with van der Waals surface area (Å²) in [6, 6.07) is 22.3. The molecule has 282 valence electrons. The van der Waals surface area contributed by atoms with Crippen LogP contribution in [0.3, 0.4) is 0 Å². The molecule has 4 aliphatic rings. The largest absolute Gasteiger partial charge is 0.455 e. The van der Waals surface area contributed by atoms with Crippen LogP contribution in [-0.2, 0) is 39.8 Å². The minimum absolute atomic E-state index is 0.0347. The number of likely N-dealkylation sites (tertiary alicyclic amines) is 1. The number of fused-ring (bicyclic) bond motifs is 2. The topological polar surface area (TPSA) is 135 Å². The first-order valence-corrected chi connectivity index (χ1v) is 19.1. The van der Waals surface area contributed by atoms with Gasteiger partial charge in [0.15, 0.2) is 0 Å². The van der Waals surface area contributed by atoms with Crippen LogP contribution in [0.4, 0.5) is 5.69 Å².